The summed E-state index contributed by atoms with van der Waals surface area (Å²) in [6.45, 7) is 9.68. The molecule has 3 fully saturated rings. The van der Waals surface area contributed by atoms with Crippen LogP contribution in [0.25, 0.3) is 0 Å². The van der Waals surface area contributed by atoms with E-state index < -0.39 is 29.2 Å². The van der Waals surface area contributed by atoms with Gasteiger partial charge in [0.25, 0.3) is 0 Å². The summed E-state index contributed by atoms with van der Waals surface area (Å²) in [7, 11) is 0. The van der Waals surface area contributed by atoms with Gasteiger partial charge < -0.3 is 14.2 Å². The number of carbonyl (C=O) groups excluding carboxylic acids is 3. The molecule has 22 heavy (non-hydrogen) atoms. The zero-order valence-electron chi connectivity index (χ0n) is 13.4. The summed E-state index contributed by atoms with van der Waals surface area (Å²) in [6.07, 6.45) is 1.34. The second-order valence-electron chi connectivity index (χ2n) is 6.78. The van der Waals surface area contributed by atoms with Gasteiger partial charge in [0.05, 0.1) is 5.92 Å². The minimum Gasteiger partial charge on any atom is -0.455 e. The van der Waals surface area contributed by atoms with E-state index >= 15 is 0 Å². The minimum absolute atomic E-state index is 0.207. The van der Waals surface area contributed by atoms with E-state index in [1.165, 1.54) is 20.8 Å². The predicted octanol–water partition coefficient (Wildman–Crippen LogP) is 1.91. The summed E-state index contributed by atoms with van der Waals surface area (Å²) in [5, 5.41) is 0. The van der Waals surface area contributed by atoms with E-state index in [-0.39, 0.29) is 17.5 Å². The fraction of sp³-hybridized carbons (Fsp3) is 0.688. The fourth-order valence-electron chi connectivity index (χ4n) is 2.70. The molecule has 3 rings (SSSR count). The predicted molar refractivity (Wildman–Crippen MR) is 76.7 cm³/mol. The molecule has 6 heteroatoms. The summed E-state index contributed by atoms with van der Waals surface area (Å²) in [5.74, 6) is -1.75. The van der Waals surface area contributed by atoms with Gasteiger partial charge >= 0.3 is 17.9 Å². The molecule has 2 bridgehead atoms. The molecular formula is C16H22O6. The van der Waals surface area contributed by atoms with E-state index in [9.17, 15) is 14.4 Å². The van der Waals surface area contributed by atoms with Gasteiger partial charge in [0.1, 0.15) is 11.7 Å². The lowest BCUT2D eigenvalue weighted by atomic mass is 9.74. The molecule has 3 unspecified atom stereocenters. The van der Waals surface area contributed by atoms with E-state index in [1.54, 1.807) is 6.92 Å². The lowest BCUT2D eigenvalue weighted by Crippen LogP contribution is -2.58. The van der Waals surface area contributed by atoms with Crippen molar-refractivity contribution in [1.29, 1.82) is 0 Å². The van der Waals surface area contributed by atoms with Crippen LogP contribution < -0.4 is 0 Å². The van der Waals surface area contributed by atoms with Crippen molar-refractivity contribution in [2.45, 2.75) is 64.3 Å². The Bertz CT molecular complexity index is 535. The summed E-state index contributed by atoms with van der Waals surface area (Å²) in [5.41, 5.74) is -2.01. The van der Waals surface area contributed by atoms with Crippen LogP contribution >= 0.6 is 0 Å². The number of ether oxygens (including phenoxy) is 3. The molecule has 1 aliphatic carbocycles. The maximum absolute atomic E-state index is 12.3. The largest absolute Gasteiger partial charge is 0.455 e. The van der Waals surface area contributed by atoms with Crippen molar-refractivity contribution in [3.05, 3.63) is 12.2 Å². The molecule has 1 saturated carbocycles. The molecule has 0 aromatic heterocycles. The van der Waals surface area contributed by atoms with Gasteiger partial charge in [-0.25, -0.2) is 9.59 Å². The number of fused-ring (bicyclic) bond motifs is 3. The van der Waals surface area contributed by atoms with E-state index in [2.05, 4.69) is 6.58 Å². The standard InChI is InChI=1S/C16H22O6/c1-9(2)12(17)21-15(3,4)14(19)20-11-8-10-6-7-16(11,5)22-13(10)18/h10-11H,1,6-8H2,2-5H3. The first-order valence-electron chi connectivity index (χ1n) is 7.38. The second-order valence-corrected chi connectivity index (χ2v) is 6.78. The van der Waals surface area contributed by atoms with Crippen LogP contribution in [-0.2, 0) is 28.6 Å². The van der Waals surface area contributed by atoms with E-state index in [4.69, 9.17) is 14.2 Å². The first-order chi connectivity index (χ1) is 10.0. The third-order valence-electron chi connectivity index (χ3n) is 4.27. The quantitative estimate of drug-likeness (QED) is 0.448. The summed E-state index contributed by atoms with van der Waals surface area (Å²) >= 11 is 0. The number of rotatable bonds is 4. The number of hydrogen-bond donors (Lipinski definition) is 0. The van der Waals surface area contributed by atoms with Crippen LogP contribution in [-0.4, -0.2) is 35.2 Å². The molecule has 0 aromatic carbocycles. The van der Waals surface area contributed by atoms with Crippen LogP contribution in [0.4, 0.5) is 0 Å². The molecule has 122 valence electrons. The highest BCUT2D eigenvalue weighted by Crippen LogP contribution is 2.43. The van der Waals surface area contributed by atoms with Gasteiger partial charge in [-0.3, -0.25) is 4.79 Å². The number of carbonyl (C=O) groups is 3. The topological polar surface area (TPSA) is 78.9 Å². The molecule has 2 saturated heterocycles. The Balaban J connectivity index is 2.04. The third-order valence-corrected chi connectivity index (χ3v) is 4.27. The second kappa shape index (κ2) is 5.41. The van der Waals surface area contributed by atoms with Gasteiger partial charge in [0.2, 0.25) is 5.60 Å². The van der Waals surface area contributed by atoms with Crippen LogP contribution in [0.3, 0.4) is 0 Å². The maximum Gasteiger partial charge on any atom is 0.350 e. The van der Waals surface area contributed by atoms with Crippen LogP contribution in [0.5, 0.6) is 0 Å². The van der Waals surface area contributed by atoms with Gasteiger partial charge in [0, 0.05) is 12.0 Å². The lowest BCUT2D eigenvalue weighted by Gasteiger charge is -2.48. The van der Waals surface area contributed by atoms with Crippen LogP contribution in [0, 0.1) is 5.92 Å². The van der Waals surface area contributed by atoms with Crippen molar-refractivity contribution in [3.63, 3.8) is 0 Å². The molecule has 3 atom stereocenters. The molecule has 3 aliphatic rings. The van der Waals surface area contributed by atoms with Crippen molar-refractivity contribution >= 4 is 17.9 Å². The highest BCUT2D eigenvalue weighted by molar-refractivity contribution is 5.90. The van der Waals surface area contributed by atoms with Crippen molar-refractivity contribution < 1.29 is 28.6 Å². The zero-order valence-corrected chi connectivity index (χ0v) is 13.4. The number of hydrogen-bond acceptors (Lipinski definition) is 6. The Labute approximate surface area is 129 Å². The van der Waals surface area contributed by atoms with Gasteiger partial charge in [-0.15, -0.1) is 0 Å². The van der Waals surface area contributed by atoms with Crippen LogP contribution in [0.15, 0.2) is 12.2 Å². The highest BCUT2D eigenvalue weighted by Gasteiger charge is 2.54. The molecule has 2 aliphatic heterocycles. The average Bonchev–Trinajstić information content (AvgIpc) is 2.39. The number of esters is 3. The van der Waals surface area contributed by atoms with Gasteiger partial charge in [-0.2, -0.15) is 0 Å². The summed E-state index contributed by atoms with van der Waals surface area (Å²) in [4.78, 5) is 35.6. The van der Waals surface area contributed by atoms with Crippen LogP contribution in [0.1, 0.15) is 47.0 Å². The Morgan fingerprint density at radius 2 is 2.05 bits per heavy atom. The van der Waals surface area contributed by atoms with Crippen molar-refractivity contribution in [1.82, 2.24) is 0 Å². The van der Waals surface area contributed by atoms with Gasteiger partial charge in [-0.1, -0.05) is 6.58 Å². The maximum atomic E-state index is 12.3. The lowest BCUT2D eigenvalue weighted by molar-refractivity contribution is -0.224. The Morgan fingerprint density at radius 1 is 1.41 bits per heavy atom. The van der Waals surface area contributed by atoms with Gasteiger partial charge in [-0.05, 0) is 40.5 Å². The van der Waals surface area contributed by atoms with Gasteiger partial charge in [0.15, 0.2) is 0 Å². The first-order valence-corrected chi connectivity index (χ1v) is 7.38. The molecule has 6 nitrogen and oxygen atoms in total. The minimum atomic E-state index is -1.42. The van der Waals surface area contributed by atoms with Crippen molar-refractivity contribution in [2.24, 2.45) is 5.92 Å². The Hall–Kier alpha value is -1.85. The SMILES string of the molecule is C=C(C)C(=O)OC(C)(C)C(=O)OC1CC2CCC1(C)OC2=O. The van der Waals surface area contributed by atoms with Crippen molar-refractivity contribution in [2.75, 3.05) is 0 Å². The normalized spacial score (nSPS) is 30.5. The summed E-state index contributed by atoms with van der Waals surface area (Å²) < 4.78 is 16.0. The Morgan fingerprint density at radius 3 is 2.55 bits per heavy atom. The Kier molecular flexibility index (Phi) is 4.06. The van der Waals surface area contributed by atoms with E-state index in [1.807, 2.05) is 0 Å². The molecule has 2 heterocycles. The monoisotopic (exact) mass is 310 g/mol. The van der Waals surface area contributed by atoms with E-state index in [0.717, 1.165) is 6.42 Å². The molecule has 0 amide bonds. The highest BCUT2D eigenvalue weighted by atomic mass is 16.6. The molecule has 0 radical (unpaired) electrons. The van der Waals surface area contributed by atoms with Crippen LogP contribution in [0.2, 0.25) is 0 Å². The first kappa shape index (κ1) is 16.5. The molecular weight excluding hydrogens is 288 g/mol. The fourth-order valence-corrected chi connectivity index (χ4v) is 2.70. The summed E-state index contributed by atoms with van der Waals surface area (Å²) in [6, 6.07) is 0. The smallest absolute Gasteiger partial charge is 0.350 e. The molecule has 0 N–H and O–H groups in total. The molecule has 0 spiro atoms. The van der Waals surface area contributed by atoms with E-state index in [0.29, 0.717) is 12.8 Å². The zero-order chi connectivity index (χ0) is 16.7. The average molecular weight is 310 g/mol. The molecule has 0 aromatic rings. The third kappa shape index (κ3) is 3.00. The van der Waals surface area contributed by atoms with Crippen molar-refractivity contribution in [3.8, 4) is 0 Å².